The molecule has 32 heavy (non-hydrogen) atoms. The van der Waals surface area contributed by atoms with Gasteiger partial charge in [-0.2, -0.15) is 0 Å². The van der Waals surface area contributed by atoms with E-state index < -0.39 is 0 Å². The summed E-state index contributed by atoms with van der Waals surface area (Å²) in [6, 6.07) is 18.5. The van der Waals surface area contributed by atoms with Crippen LogP contribution in [0.1, 0.15) is 56.1 Å². The maximum absolute atomic E-state index is 12.6. The molecule has 2 aromatic carbocycles. The number of aromatic nitrogens is 3. The van der Waals surface area contributed by atoms with Crippen molar-refractivity contribution in [2.45, 2.75) is 50.9 Å². The third-order valence-electron chi connectivity index (χ3n) is 5.79. The average molecular weight is 452 g/mol. The number of nitrogens with zero attached hydrogens (tertiary/aromatic N) is 4. The first-order valence-electron chi connectivity index (χ1n) is 11.0. The van der Waals surface area contributed by atoms with Crippen LogP contribution < -0.4 is 5.32 Å². The Morgan fingerprint density at radius 2 is 1.75 bits per heavy atom. The first-order chi connectivity index (χ1) is 15.4. The summed E-state index contributed by atoms with van der Waals surface area (Å²) < 4.78 is 2.11. The average Bonchev–Trinajstić information content (AvgIpc) is 3.19. The van der Waals surface area contributed by atoms with Gasteiger partial charge in [-0.25, -0.2) is 0 Å². The minimum atomic E-state index is -0.0530. The molecule has 3 rings (SSSR count). The lowest BCUT2D eigenvalue weighted by Crippen LogP contribution is -2.21. The molecular formula is C25H33N5OS. The molecule has 3 aromatic rings. The molecule has 1 aromatic heterocycles. The molecule has 1 N–H and O–H groups in total. The Bertz CT molecular complexity index is 1000. The van der Waals surface area contributed by atoms with Crippen molar-refractivity contribution in [2.24, 2.45) is 0 Å². The summed E-state index contributed by atoms with van der Waals surface area (Å²) >= 11 is 1.41. The SMILES string of the molecule is CCC(C)c1ccc(NC(=O)CSc2nnc(C(C)N(C)C)n2Cc2ccccc2)cc1. The van der Waals surface area contributed by atoms with Gasteiger partial charge in [-0.05, 0) is 56.6 Å². The van der Waals surface area contributed by atoms with Gasteiger partial charge in [0, 0.05) is 5.69 Å². The molecule has 0 saturated carbocycles. The van der Waals surface area contributed by atoms with Gasteiger partial charge < -0.3 is 9.88 Å². The molecule has 2 atom stereocenters. The van der Waals surface area contributed by atoms with Crippen molar-refractivity contribution in [3.8, 4) is 0 Å². The van der Waals surface area contributed by atoms with E-state index >= 15 is 0 Å². The second-order valence-electron chi connectivity index (χ2n) is 8.32. The van der Waals surface area contributed by atoms with Crippen LogP contribution in [0.5, 0.6) is 0 Å². The Morgan fingerprint density at radius 1 is 1.06 bits per heavy atom. The largest absolute Gasteiger partial charge is 0.325 e. The highest BCUT2D eigenvalue weighted by molar-refractivity contribution is 7.99. The van der Waals surface area contributed by atoms with Gasteiger partial charge in [0.25, 0.3) is 0 Å². The number of hydrogen-bond donors (Lipinski definition) is 1. The van der Waals surface area contributed by atoms with E-state index in [1.807, 2.05) is 44.4 Å². The fourth-order valence-electron chi connectivity index (χ4n) is 3.32. The second kappa shape index (κ2) is 11.3. The lowest BCUT2D eigenvalue weighted by atomic mass is 9.99. The lowest BCUT2D eigenvalue weighted by Gasteiger charge is -2.20. The van der Waals surface area contributed by atoms with E-state index in [4.69, 9.17) is 0 Å². The predicted octanol–water partition coefficient (Wildman–Crippen LogP) is 5.19. The van der Waals surface area contributed by atoms with Crippen molar-refractivity contribution in [1.29, 1.82) is 0 Å². The van der Waals surface area contributed by atoms with Crippen molar-refractivity contribution < 1.29 is 4.79 Å². The Kier molecular flexibility index (Phi) is 8.47. The molecule has 0 radical (unpaired) electrons. The first kappa shape index (κ1) is 24.0. The highest BCUT2D eigenvalue weighted by Crippen LogP contribution is 2.25. The second-order valence-corrected chi connectivity index (χ2v) is 9.26. The molecule has 0 spiro atoms. The number of hydrogen-bond acceptors (Lipinski definition) is 5. The molecule has 1 amide bonds. The lowest BCUT2D eigenvalue weighted by molar-refractivity contribution is -0.113. The van der Waals surface area contributed by atoms with E-state index in [9.17, 15) is 4.79 Å². The topological polar surface area (TPSA) is 63.1 Å². The molecule has 6 nitrogen and oxygen atoms in total. The summed E-state index contributed by atoms with van der Waals surface area (Å²) in [4.78, 5) is 14.7. The molecule has 0 fully saturated rings. The van der Waals surface area contributed by atoms with E-state index in [0.29, 0.717) is 12.5 Å². The van der Waals surface area contributed by atoms with E-state index in [2.05, 4.69) is 70.0 Å². The fourth-order valence-corrected chi connectivity index (χ4v) is 4.06. The van der Waals surface area contributed by atoms with E-state index in [1.54, 1.807) is 0 Å². The minimum absolute atomic E-state index is 0.0530. The van der Waals surface area contributed by atoms with Gasteiger partial charge in [0.15, 0.2) is 11.0 Å². The fraction of sp³-hybridized carbons (Fsp3) is 0.400. The molecule has 0 aliphatic carbocycles. The van der Waals surface area contributed by atoms with Crippen molar-refractivity contribution >= 4 is 23.4 Å². The maximum Gasteiger partial charge on any atom is 0.234 e. The monoisotopic (exact) mass is 451 g/mol. The zero-order valence-corrected chi connectivity index (χ0v) is 20.4. The maximum atomic E-state index is 12.6. The van der Waals surface area contributed by atoms with Crippen LogP contribution in [0, 0.1) is 0 Å². The van der Waals surface area contributed by atoms with Gasteiger partial charge in [0.05, 0.1) is 18.3 Å². The van der Waals surface area contributed by atoms with E-state index in [1.165, 1.54) is 22.9 Å². The van der Waals surface area contributed by atoms with Crippen LogP contribution in [0.25, 0.3) is 0 Å². The number of nitrogens with one attached hydrogen (secondary N) is 1. The molecule has 0 saturated heterocycles. The van der Waals surface area contributed by atoms with Crippen molar-refractivity contribution in [2.75, 3.05) is 25.2 Å². The summed E-state index contributed by atoms with van der Waals surface area (Å²) in [7, 11) is 4.05. The van der Waals surface area contributed by atoms with Crippen LogP contribution in [0.4, 0.5) is 5.69 Å². The Hall–Kier alpha value is -2.64. The third kappa shape index (κ3) is 6.20. The van der Waals surface area contributed by atoms with Crippen LogP contribution in [0.15, 0.2) is 59.8 Å². The third-order valence-corrected chi connectivity index (χ3v) is 6.75. The Balaban J connectivity index is 1.69. The number of thioether (sulfide) groups is 1. The normalized spacial score (nSPS) is 13.2. The molecular weight excluding hydrogens is 418 g/mol. The Morgan fingerprint density at radius 3 is 2.38 bits per heavy atom. The molecule has 7 heteroatoms. The van der Waals surface area contributed by atoms with Gasteiger partial charge in [-0.15, -0.1) is 10.2 Å². The van der Waals surface area contributed by atoms with Crippen LogP contribution in [0.3, 0.4) is 0 Å². The molecule has 170 valence electrons. The molecule has 0 aliphatic rings. The zero-order chi connectivity index (χ0) is 23.1. The van der Waals surface area contributed by atoms with Gasteiger partial charge in [-0.3, -0.25) is 9.69 Å². The standard InChI is InChI=1S/C25H33N5OS/c1-6-18(2)21-12-14-22(15-13-21)26-23(31)17-32-25-28-27-24(19(3)29(4)5)30(25)16-20-10-8-7-9-11-20/h7-15,18-19H,6,16-17H2,1-5H3,(H,26,31). The molecule has 2 unspecified atom stereocenters. The first-order valence-corrected chi connectivity index (χ1v) is 12.0. The highest BCUT2D eigenvalue weighted by atomic mass is 32.2. The van der Waals surface area contributed by atoms with Gasteiger partial charge >= 0.3 is 0 Å². The zero-order valence-electron chi connectivity index (χ0n) is 19.6. The molecule has 1 heterocycles. The summed E-state index contributed by atoms with van der Waals surface area (Å²) in [5.74, 6) is 1.63. The number of amides is 1. The van der Waals surface area contributed by atoms with Crippen molar-refractivity contribution in [1.82, 2.24) is 19.7 Å². The number of benzene rings is 2. The van der Waals surface area contributed by atoms with Crippen LogP contribution in [-0.4, -0.2) is 45.4 Å². The quantitative estimate of drug-likeness (QED) is 0.430. The van der Waals surface area contributed by atoms with Crippen LogP contribution in [-0.2, 0) is 11.3 Å². The molecule has 0 aliphatic heterocycles. The number of rotatable bonds is 10. The highest BCUT2D eigenvalue weighted by Gasteiger charge is 2.20. The van der Waals surface area contributed by atoms with Crippen LogP contribution in [0.2, 0.25) is 0 Å². The number of carbonyl (C=O) groups is 1. The van der Waals surface area contributed by atoms with Crippen molar-refractivity contribution in [3.63, 3.8) is 0 Å². The summed E-state index contributed by atoms with van der Waals surface area (Å²) in [6.45, 7) is 7.16. The minimum Gasteiger partial charge on any atom is -0.325 e. The Labute approximate surface area is 195 Å². The van der Waals surface area contributed by atoms with Crippen LogP contribution >= 0.6 is 11.8 Å². The number of anilines is 1. The molecule has 0 bridgehead atoms. The summed E-state index contributed by atoms with van der Waals surface area (Å²) in [5, 5.41) is 12.6. The van der Waals surface area contributed by atoms with E-state index in [-0.39, 0.29) is 17.7 Å². The smallest absolute Gasteiger partial charge is 0.234 e. The van der Waals surface area contributed by atoms with Gasteiger partial charge in [-0.1, -0.05) is 68.1 Å². The van der Waals surface area contributed by atoms with Gasteiger partial charge in [0.2, 0.25) is 5.91 Å². The van der Waals surface area contributed by atoms with Crippen molar-refractivity contribution in [3.05, 3.63) is 71.5 Å². The van der Waals surface area contributed by atoms with Gasteiger partial charge in [0.1, 0.15) is 0 Å². The number of carbonyl (C=O) groups excluding carboxylic acids is 1. The predicted molar refractivity (Wildman–Crippen MR) is 132 cm³/mol. The summed E-state index contributed by atoms with van der Waals surface area (Å²) in [5.41, 5.74) is 3.28. The van der Waals surface area contributed by atoms with E-state index in [0.717, 1.165) is 23.1 Å². The summed E-state index contributed by atoms with van der Waals surface area (Å²) in [6.07, 6.45) is 1.10.